The number of carbonyl (C=O) groups is 1. The number of ether oxygens (including phenoxy) is 1. The normalized spacial score (nSPS) is 10.6. The lowest BCUT2D eigenvalue weighted by Gasteiger charge is -2.23. The number of rotatable bonds is 7. The fraction of sp³-hybridized carbons (Fsp3) is 0.438. The summed E-state index contributed by atoms with van der Waals surface area (Å²) in [5.74, 6) is 2.99. The third-order valence-electron chi connectivity index (χ3n) is 2.93. The zero-order valence-electron chi connectivity index (χ0n) is 12.5. The molecule has 0 aliphatic rings. The second-order valence-corrected chi connectivity index (χ2v) is 5.47. The molecule has 0 aliphatic carbocycles. The highest BCUT2D eigenvalue weighted by atomic mass is 16.5. The number of anilines is 1. The molecule has 0 atom stereocenters. The number of benzene rings is 1. The Bertz CT molecular complexity index is 506. The molecule has 5 heteroatoms. The molecule has 0 spiro atoms. The topological polar surface area (TPSA) is 70.6 Å². The van der Waals surface area contributed by atoms with E-state index >= 15 is 0 Å². The van der Waals surface area contributed by atoms with Crippen LogP contribution in [0.4, 0.5) is 10.5 Å². The standard InChI is InChI=1S/C16H22N2O3/c1-4-10-21-14-7-5-6-13(11-14)18-15(20)17-12-16(2,3)8-9-19/h1,5-7,11,19H,8-10,12H2,2-3H3,(H2,17,18,20). The molecule has 0 saturated carbocycles. The van der Waals surface area contributed by atoms with Crippen molar-refractivity contribution in [1.82, 2.24) is 5.32 Å². The number of nitrogens with one attached hydrogen (secondary N) is 2. The lowest BCUT2D eigenvalue weighted by molar-refractivity contribution is 0.204. The second-order valence-electron chi connectivity index (χ2n) is 5.47. The molecular formula is C16H22N2O3. The van der Waals surface area contributed by atoms with Crippen LogP contribution in [-0.4, -0.2) is 30.9 Å². The second kappa shape index (κ2) is 8.18. The summed E-state index contributed by atoms with van der Waals surface area (Å²) < 4.78 is 5.29. The molecule has 0 aliphatic heterocycles. The fourth-order valence-corrected chi connectivity index (χ4v) is 1.67. The predicted octanol–water partition coefficient (Wildman–Crippen LogP) is 2.23. The molecule has 0 unspecified atom stereocenters. The van der Waals surface area contributed by atoms with Crippen molar-refractivity contribution in [2.75, 3.05) is 25.1 Å². The minimum Gasteiger partial charge on any atom is -0.481 e. The molecule has 0 fully saturated rings. The summed E-state index contributed by atoms with van der Waals surface area (Å²) in [6.07, 6.45) is 5.76. The van der Waals surface area contributed by atoms with E-state index in [1.807, 2.05) is 13.8 Å². The molecule has 2 amide bonds. The molecule has 114 valence electrons. The summed E-state index contributed by atoms with van der Waals surface area (Å²) in [6.45, 7) is 4.73. The Morgan fingerprint density at radius 1 is 1.48 bits per heavy atom. The van der Waals surface area contributed by atoms with E-state index in [0.29, 0.717) is 24.4 Å². The van der Waals surface area contributed by atoms with Gasteiger partial charge < -0.3 is 20.5 Å². The van der Waals surface area contributed by atoms with Gasteiger partial charge in [-0.2, -0.15) is 0 Å². The number of terminal acetylenes is 1. The van der Waals surface area contributed by atoms with Crippen LogP contribution < -0.4 is 15.4 Å². The van der Waals surface area contributed by atoms with Gasteiger partial charge in [0, 0.05) is 24.9 Å². The molecule has 5 nitrogen and oxygen atoms in total. The molecule has 0 aromatic heterocycles. The number of hydrogen-bond acceptors (Lipinski definition) is 3. The van der Waals surface area contributed by atoms with Crippen LogP contribution in [0.5, 0.6) is 5.75 Å². The third-order valence-corrected chi connectivity index (χ3v) is 2.93. The highest BCUT2D eigenvalue weighted by molar-refractivity contribution is 5.89. The maximum Gasteiger partial charge on any atom is 0.319 e. The first-order valence-corrected chi connectivity index (χ1v) is 6.79. The minimum atomic E-state index is -0.296. The summed E-state index contributed by atoms with van der Waals surface area (Å²) in [5, 5.41) is 14.5. The van der Waals surface area contributed by atoms with Gasteiger partial charge in [0.25, 0.3) is 0 Å². The maximum absolute atomic E-state index is 11.8. The molecule has 21 heavy (non-hydrogen) atoms. The van der Waals surface area contributed by atoms with E-state index in [0.717, 1.165) is 0 Å². The van der Waals surface area contributed by atoms with Gasteiger partial charge in [-0.15, -0.1) is 6.42 Å². The van der Waals surface area contributed by atoms with Crippen LogP contribution in [0, 0.1) is 17.8 Å². The Balaban J connectivity index is 2.49. The van der Waals surface area contributed by atoms with Gasteiger partial charge in [0.05, 0.1) is 0 Å². The predicted molar refractivity (Wildman–Crippen MR) is 83.3 cm³/mol. The maximum atomic E-state index is 11.8. The van der Waals surface area contributed by atoms with Crippen molar-refractivity contribution >= 4 is 11.7 Å². The van der Waals surface area contributed by atoms with Crippen LogP contribution >= 0.6 is 0 Å². The van der Waals surface area contributed by atoms with Crippen LogP contribution in [0.25, 0.3) is 0 Å². The van der Waals surface area contributed by atoms with E-state index in [4.69, 9.17) is 16.3 Å². The zero-order valence-corrected chi connectivity index (χ0v) is 12.5. The van der Waals surface area contributed by atoms with Gasteiger partial charge >= 0.3 is 6.03 Å². The van der Waals surface area contributed by atoms with E-state index in [9.17, 15) is 4.79 Å². The molecule has 1 rings (SSSR count). The molecule has 3 N–H and O–H groups in total. The van der Waals surface area contributed by atoms with E-state index in [2.05, 4.69) is 16.6 Å². The van der Waals surface area contributed by atoms with E-state index in [1.54, 1.807) is 24.3 Å². The SMILES string of the molecule is C#CCOc1cccc(NC(=O)NCC(C)(C)CCO)c1. The van der Waals surface area contributed by atoms with Crippen LogP contribution in [0.1, 0.15) is 20.3 Å². The van der Waals surface area contributed by atoms with Gasteiger partial charge in [0.1, 0.15) is 12.4 Å². The summed E-state index contributed by atoms with van der Waals surface area (Å²) in [6, 6.07) is 6.72. The monoisotopic (exact) mass is 290 g/mol. The van der Waals surface area contributed by atoms with Crippen molar-refractivity contribution in [3.8, 4) is 18.1 Å². The van der Waals surface area contributed by atoms with Crippen LogP contribution in [0.15, 0.2) is 24.3 Å². The summed E-state index contributed by atoms with van der Waals surface area (Å²) >= 11 is 0. The van der Waals surface area contributed by atoms with Gasteiger partial charge in [0.2, 0.25) is 0 Å². The molecule has 0 bridgehead atoms. The smallest absolute Gasteiger partial charge is 0.319 e. The van der Waals surface area contributed by atoms with Crippen molar-refractivity contribution < 1.29 is 14.6 Å². The van der Waals surface area contributed by atoms with E-state index < -0.39 is 0 Å². The molecule has 0 radical (unpaired) electrons. The van der Waals surface area contributed by atoms with Crippen LogP contribution in [0.3, 0.4) is 0 Å². The van der Waals surface area contributed by atoms with Crippen molar-refractivity contribution in [3.05, 3.63) is 24.3 Å². The lowest BCUT2D eigenvalue weighted by atomic mass is 9.90. The molecule has 0 heterocycles. The Morgan fingerprint density at radius 2 is 2.24 bits per heavy atom. The highest BCUT2D eigenvalue weighted by Crippen LogP contribution is 2.19. The number of hydrogen-bond donors (Lipinski definition) is 3. The largest absolute Gasteiger partial charge is 0.481 e. The fourth-order valence-electron chi connectivity index (χ4n) is 1.67. The molecule has 1 aromatic carbocycles. The lowest BCUT2D eigenvalue weighted by Crippen LogP contribution is -2.37. The molecule has 1 aromatic rings. The molecule has 0 saturated heterocycles. The van der Waals surface area contributed by atoms with Crippen molar-refractivity contribution in [3.63, 3.8) is 0 Å². The minimum absolute atomic E-state index is 0.102. The first kappa shape index (κ1) is 16.9. The van der Waals surface area contributed by atoms with E-state index in [-0.39, 0.29) is 24.7 Å². The number of aliphatic hydroxyl groups excluding tert-OH is 1. The number of amides is 2. The zero-order chi connectivity index (χ0) is 15.7. The number of aliphatic hydroxyl groups is 1. The van der Waals surface area contributed by atoms with Gasteiger partial charge in [-0.05, 0) is 24.0 Å². The summed E-state index contributed by atoms with van der Waals surface area (Å²) in [7, 11) is 0. The van der Waals surface area contributed by atoms with Gasteiger partial charge in [0.15, 0.2) is 0 Å². The Kier molecular flexibility index (Phi) is 6.57. The Morgan fingerprint density at radius 3 is 2.90 bits per heavy atom. The van der Waals surface area contributed by atoms with Gasteiger partial charge in [-0.25, -0.2) is 4.79 Å². The summed E-state index contributed by atoms with van der Waals surface area (Å²) in [5.41, 5.74) is 0.478. The number of urea groups is 1. The van der Waals surface area contributed by atoms with Gasteiger partial charge in [-0.1, -0.05) is 25.8 Å². The van der Waals surface area contributed by atoms with Crippen LogP contribution in [-0.2, 0) is 0 Å². The first-order chi connectivity index (χ1) is 9.96. The highest BCUT2D eigenvalue weighted by Gasteiger charge is 2.18. The van der Waals surface area contributed by atoms with E-state index in [1.165, 1.54) is 0 Å². The quantitative estimate of drug-likeness (QED) is 0.674. The average Bonchev–Trinajstić information content (AvgIpc) is 2.43. The Labute approximate surface area is 125 Å². The average molecular weight is 290 g/mol. The number of carbonyl (C=O) groups excluding carboxylic acids is 1. The van der Waals surface area contributed by atoms with Gasteiger partial charge in [-0.3, -0.25) is 0 Å². The van der Waals surface area contributed by atoms with Crippen molar-refractivity contribution in [2.45, 2.75) is 20.3 Å². The van der Waals surface area contributed by atoms with Crippen molar-refractivity contribution in [2.24, 2.45) is 5.41 Å². The third kappa shape index (κ3) is 6.68. The first-order valence-electron chi connectivity index (χ1n) is 6.79. The summed E-state index contributed by atoms with van der Waals surface area (Å²) in [4.78, 5) is 11.8. The van der Waals surface area contributed by atoms with Crippen LogP contribution in [0.2, 0.25) is 0 Å². The molecular weight excluding hydrogens is 268 g/mol. The Hall–Kier alpha value is -2.19. The van der Waals surface area contributed by atoms with Crippen molar-refractivity contribution in [1.29, 1.82) is 0 Å².